The fourth-order valence-electron chi connectivity index (χ4n) is 3.22. The van der Waals surface area contributed by atoms with Crippen molar-refractivity contribution in [3.63, 3.8) is 0 Å². The molecule has 2 aromatic carbocycles. The van der Waals surface area contributed by atoms with E-state index in [1.54, 1.807) is 42.7 Å². The van der Waals surface area contributed by atoms with Crippen molar-refractivity contribution in [3.05, 3.63) is 94.8 Å². The molecule has 0 bridgehead atoms. The minimum atomic E-state index is -4.42. The number of halogens is 3. The number of rotatable bonds is 4. The van der Waals surface area contributed by atoms with Crippen LogP contribution in [-0.2, 0) is 19.1 Å². The molecular formula is C22H16F3N3O. The second-order valence-electron chi connectivity index (χ2n) is 6.67. The Morgan fingerprint density at radius 2 is 1.79 bits per heavy atom. The third kappa shape index (κ3) is 4.03. The molecule has 1 aliphatic heterocycles. The lowest BCUT2D eigenvalue weighted by Gasteiger charge is -2.08. The van der Waals surface area contributed by atoms with E-state index in [0.717, 1.165) is 23.3 Å². The van der Waals surface area contributed by atoms with E-state index in [9.17, 15) is 18.0 Å². The van der Waals surface area contributed by atoms with Crippen molar-refractivity contribution in [1.29, 1.82) is 0 Å². The predicted octanol–water partition coefficient (Wildman–Crippen LogP) is 4.71. The summed E-state index contributed by atoms with van der Waals surface area (Å²) in [5.41, 5.74) is 2.83. The first kappa shape index (κ1) is 18.9. The topological polar surface area (TPSA) is 54.4 Å². The van der Waals surface area contributed by atoms with Crippen LogP contribution in [-0.4, -0.2) is 16.6 Å². The van der Waals surface area contributed by atoms with Crippen LogP contribution in [0.2, 0.25) is 0 Å². The lowest BCUT2D eigenvalue weighted by molar-refractivity contribution is -0.137. The van der Waals surface area contributed by atoms with Gasteiger partial charge in [-0.05, 0) is 47.0 Å². The van der Waals surface area contributed by atoms with Gasteiger partial charge in [-0.2, -0.15) is 13.2 Å². The summed E-state index contributed by atoms with van der Waals surface area (Å²) in [6.45, 7) is 0.342. The molecule has 1 aliphatic rings. The number of benzene rings is 2. The number of fused-ring (bicyclic) bond motifs is 1. The van der Waals surface area contributed by atoms with Crippen LogP contribution in [0.3, 0.4) is 0 Å². The number of pyridine rings is 1. The van der Waals surface area contributed by atoms with Crippen molar-refractivity contribution in [2.75, 3.05) is 0 Å². The molecule has 0 atom stereocenters. The summed E-state index contributed by atoms with van der Waals surface area (Å²) < 4.78 is 39.0. The molecule has 1 N–H and O–H groups in total. The van der Waals surface area contributed by atoms with Gasteiger partial charge < -0.3 is 5.32 Å². The van der Waals surface area contributed by atoms with Crippen molar-refractivity contribution in [2.24, 2.45) is 4.99 Å². The van der Waals surface area contributed by atoms with E-state index in [4.69, 9.17) is 0 Å². The molecule has 0 unspecified atom stereocenters. The molecule has 4 rings (SSSR count). The molecule has 0 fully saturated rings. The summed E-state index contributed by atoms with van der Waals surface area (Å²) in [4.78, 5) is 21.1. The van der Waals surface area contributed by atoms with Crippen LogP contribution in [0.5, 0.6) is 0 Å². The molecule has 1 amide bonds. The number of hydrogen-bond acceptors (Lipinski definition) is 3. The van der Waals surface area contributed by atoms with Crippen LogP contribution in [0.1, 0.15) is 32.6 Å². The fraction of sp³-hybridized carbons (Fsp3) is 0.136. The number of para-hydroxylation sites is 1. The first-order valence-corrected chi connectivity index (χ1v) is 8.96. The third-order valence-corrected chi connectivity index (χ3v) is 4.69. The number of amides is 1. The van der Waals surface area contributed by atoms with Gasteiger partial charge in [0.1, 0.15) is 0 Å². The average Bonchev–Trinajstić information content (AvgIpc) is 3.17. The Hall–Kier alpha value is -3.48. The van der Waals surface area contributed by atoms with Crippen molar-refractivity contribution >= 4 is 17.3 Å². The van der Waals surface area contributed by atoms with Gasteiger partial charge in [0.25, 0.3) is 5.91 Å². The first-order valence-electron chi connectivity index (χ1n) is 8.96. The summed E-state index contributed by atoms with van der Waals surface area (Å²) in [5.74, 6) is -0.285. The Morgan fingerprint density at radius 3 is 2.55 bits per heavy atom. The van der Waals surface area contributed by atoms with Crippen LogP contribution in [0, 0.1) is 0 Å². The Balaban J connectivity index is 1.59. The largest absolute Gasteiger partial charge is 0.416 e. The average molecular weight is 395 g/mol. The number of aliphatic imine (C=N–C) groups is 1. The maximum absolute atomic E-state index is 13.0. The van der Waals surface area contributed by atoms with E-state index in [-0.39, 0.29) is 5.91 Å². The van der Waals surface area contributed by atoms with E-state index >= 15 is 0 Å². The summed E-state index contributed by atoms with van der Waals surface area (Å²) in [6.07, 6.45) is -0.747. The Bertz CT molecular complexity index is 1090. The number of carbonyl (C=O) groups excluding carboxylic acids is 1. The second kappa shape index (κ2) is 7.50. The Morgan fingerprint density at radius 1 is 1.03 bits per heavy atom. The highest BCUT2D eigenvalue weighted by Crippen LogP contribution is 2.34. The van der Waals surface area contributed by atoms with Crippen molar-refractivity contribution < 1.29 is 18.0 Å². The van der Waals surface area contributed by atoms with Crippen molar-refractivity contribution in [3.8, 4) is 0 Å². The van der Waals surface area contributed by atoms with Gasteiger partial charge in [-0.25, -0.2) is 0 Å². The molecule has 3 aromatic rings. The molecule has 29 heavy (non-hydrogen) atoms. The zero-order valence-electron chi connectivity index (χ0n) is 15.2. The fourth-order valence-corrected chi connectivity index (χ4v) is 3.22. The highest BCUT2D eigenvalue weighted by Gasteiger charge is 2.31. The third-order valence-electron chi connectivity index (χ3n) is 4.69. The standard InChI is InChI=1S/C22H16F3N3O/c23-22(24,25)17-5-1-3-15(11-17)19-12-16-4-2-6-18(20(16)28-19)21(29)27-13-14-7-9-26-10-8-14/h1-11H,12-13H2,(H,27,29). The summed E-state index contributed by atoms with van der Waals surface area (Å²) in [7, 11) is 0. The maximum atomic E-state index is 13.0. The quantitative estimate of drug-likeness (QED) is 0.696. The molecule has 0 radical (unpaired) electrons. The van der Waals surface area contributed by atoms with Gasteiger partial charge in [-0.15, -0.1) is 0 Å². The minimum absolute atomic E-state index is 0.285. The van der Waals surface area contributed by atoms with E-state index in [1.807, 2.05) is 6.07 Å². The van der Waals surface area contributed by atoms with Crippen LogP contribution in [0.15, 0.2) is 72.0 Å². The van der Waals surface area contributed by atoms with Crippen LogP contribution in [0.4, 0.5) is 18.9 Å². The van der Waals surface area contributed by atoms with Gasteiger partial charge in [0, 0.05) is 25.4 Å². The van der Waals surface area contributed by atoms with Gasteiger partial charge >= 0.3 is 6.18 Å². The lowest BCUT2D eigenvalue weighted by Crippen LogP contribution is -2.22. The highest BCUT2D eigenvalue weighted by molar-refractivity contribution is 6.10. The highest BCUT2D eigenvalue weighted by atomic mass is 19.4. The molecule has 146 valence electrons. The number of nitrogens with zero attached hydrogens (tertiary/aromatic N) is 2. The molecule has 0 spiro atoms. The number of nitrogens with one attached hydrogen (secondary N) is 1. The van der Waals surface area contributed by atoms with Gasteiger partial charge in [0.15, 0.2) is 0 Å². The molecule has 2 heterocycles. The van der Waals surface area contributed by atoms with Gasteiger partial charge in [0.05, 0.1) is 22.5 Å². The van der Waals surface area contributed by atoms with E-state index in [2.05, 4.69) is 15.3 Å². The van der Waals surface area contributed by atoms with Crippen LogP contribution in [0.25, 0.3) is 0 Å². The van der Waals surface area contributed by atoms with Crippen LogP contribution >= 0.6 is 0 Å². The van der Waals surface area contributed by atoms with E-state index in [0.29, 0.717) is 35.5 Å². The lowest BCUT2D eigenvalue weighted by atomic mass is 10.0. The molecule has 0 aliphatic carbocycles. The molecule has 0 saturated heterocycles. The summed E-state index contributed by atoms with van der Waals surface area (Å²) in [5, 5.41) is 2.84. The van der Waals surface area contributed by atoms with Gasteiger partial charge in [-0.1, -0.05) is 24.3 Å². The SMILES string of the molecule is O=C(NCc1ccncc1)c1cccc2c1N=C(c1cccc(C(F)(F)F)c1)C2. The predicted molar refractivity (Wildman–Crippen MR) is 103 cm³/mol. The zero-order valence-corrected chi connectivity index (χ0v) is 15.2. The zero-order chi connectivity index (χ0) is 20.4. The Labute approximate surface area is 165 Å². The molecule has 7 heteroatoms. The monoisotopic (exact) mass is 395 g/mol. The summed E-state index contributed by atoms with van der Waals surface area (Å²) >= 11 is 0. The summed E-state index contributed by atoms with van der Waals surface area (Å²) in [6, 6.07) is 14.0. The molecule has 1 aromatic heterocycles. The number of hydrogen-bond donors (Lipinski definition) is 1. The van der Waals surface area contributed by atoms with E-state index < -0.39 is 11.7 Å². The smallest absolute Gasteiger partial charge is 0.348 e. The minimum Gasteiger partial charge on any atom is -0.348 e. The van der Waals surface area contributed by atoms with Crippen molar-refractivity contribution in [1.82, 2.24) is 10.3 Å². The normalized spacial score (nSPS) is 13.0. The maximum Gasteiger partial charge on any atom is 0.416 e. The van der Waals surface area contributed by atoms with E-state index in [1.165, 1.54) is 6.07 Å². The molecular weight excluding hydrogens is 379 g/mol. The van der Waals surface area contributed by atoms with Crippen LogP contribution < -0.4 is 5.32 Å². The van der Waals surface area contributed by atoms with Crippen molar-refractivity contribution in [2.45, 2.75) is 19.1 Å². The van der Waals surface area contributed by atoms with Gasteiger partial charge in [0.2, 0.25) is 0 Å². The number of carbonyl (C=O) groups is 1. The Kier molecular flexibility index (Phi) is 4.88. The van der Waals surface area contributed by atoms with Gasteiger partial charge in [-0.3, -0.25) is 14.8 Å². The second-order valence-corrected chi connectivity index (χ2v) is 6.67. The molecule has 4 nitrogen and oxygen atoms in total. The molecule has 0 saturated carbocycles. The first-order chi connectivity index (χ1) is 13.9. The number of aromatic nitrogens is 1. The number of alkyl halides is 3.